The normalized spacial score (nSPS) is 20.4. The van der Waals surface area contributed by atoms with Crippen molar-refractivity contribution in [1.29, 1.82) is 0 Å². The lowest BCUT2D eigenvalue weighted by Crippen LogP contribution is -2.45. The first-order valence-corrected chi connectivity index (χ1v) is 12.8. The zero-order valence-electron chi connectivity index (χ0n) is 20.7. The minimum Gasteiger partial charge on any atom is -0.512 e. The molecule has 1 atom stereocenters. The number of aliphatic hydroxyl groups is 1. The van der Waals surface area contributed by atoms with Gasteiger partial charge in [-0.25, -0.2) is 4.39 Å². The lowest BCUT2D eigenvalue weighted by molar-refractivity contribution is -0.154. The summed E-state index contributed by atoms with van der Waals surface area (Å²) in [6.45, 7) is 8.25. The molecule has 2 aliphatic rings. The van der Waals surface area contributed by atoms with Crippen LogP contribution < -0.4 is 0 Å². The van der Waals surface area contributed by atoms with Gasteiger partial charge in [0.1, 0.15) is 17.0 Å². The molecule has 0 amide bonds. The largest absolute Gasteiger partial charge is 0.512 e. The van der Waals surface area contributed by atoms with Crippen LogP contribution in [0.4, 0.5) is 4.39 Å². The first kappa shape index (κ1) is 25.7. The second-order valence-electron chi connectivity index (χ2n) is 10.8. The summed E-state index contributed by atoms with van der Waals surface area (Å²) in [6.07, 6.45) is 11.1. The van der Waals surface area contributed by atoms with E-state index in [4.69, 9.17) is 4.74 Å². The lowest BCUT2D eigenvalue weighted by Gasteiger charge is -2.40. The zero-order valence-corrected chi connectivity index (χ0v) is 20.7. The molecule has 0 aromatic heterocycles. The van der Waals surface area contributed by atoms with E-state index in [0.29, 0.717) is 19.3 Å². The first-order chi connectivity index (χ1) is 15.7. The molecule has 1 aliphatic heterocycles. The van der Waals surface area contributed by atoms with Crippen molar-refractivity contribution < 1.29 is 19.0 Å². The number of carbonyl (C=O) groups is 1. The van der Waals surface area contributed by atoms with E-state index >= 15 is 4.39 Å². The molecule has 0 saturated carbocycles. The Hall–Kier alpha value is -1.88. The van der Waals surface area contributed by atoms with E-state index in [1.54, 1.807) is 6.08 Å². The van der Waals surface area contributed by atoms with Crippen molar-refractivity contribution in [3.63, 3.8) is 0 Å². The number of carbonyl (C=O) groups excluding carboxylic acids is 1. The molecule has 33 heavy (non-hydrogen) atoms. The van der Waals surface area contributed by atoms with E-state index in [1.807, 2.05) is 45.0 Å². The van der Waals surface area contributed by atoms with Gasteiger partial charge in [0.15, 0.2) is 0 Å². The van der Waals surface area contributed by atoms with Gasteiger partial charge in [0.25, 0.3) is 0 Å². The molecule has 1 aromatic rings. The average Bonchev–Trinajstić information content (AvgIpc) is 3.09. The van der Waals surface area contributed by atoms with Crippen molar-refractivity contribution in [2.45, 2.75) is 102 Å². The Kier molecular flexibility index (Phi) is 8.97. The molecule has 0 bridgehead atoms. The Bertz CT molecular complexity index is 806. The van der Waals surface area contributed by atoms with Gasteiger partial charge in [0.05, 0.1) is 5.92 Å². The van der Waals surface area contributed by atoms with E-state index < -0.39 is 17.2 Å². The van der Waals surface area contributed by atoms with Crippen LogP contribution in [0, 0.1) is 0 Å². The van der Waals surface area contributed by atoms with Crippen molar-refractivity contribution in [3.05, 3.63) is 41.2 Å². The van der Waals surface area contributed by atoms with Crippen LogP contribution >= 0.6 is 0 Å². The smallest absolute Gasteiger partial charge is 0.306 e. The number of ether oxygens (including phenoxy) is 1. The quantitative estimate of drug-likeness (QED) is 0.287. The van der Waals surface area contributed by atoms with Gasteiger partial charge in [-0.3, -0.25) is 4.79 Å². The van der Waals surface area contributed by atoms with Gasteiger partial charge in [-0.15, -0.1) is 0 Å². The van der Waals surface area contributed by atoms with E-state index in [1.165, 1.54) is 19.3 Å². The highest BCUT2D eigenvalue weighted by atomic mass is 19.1. The molecule has 1 saturated heterocycles. The van der Waals surface area contributed by atoms with Crippen LogP contribution in [0.15, 0.2) is 30.0 Å². The van der Waals surface area contributed by atoms with Crippen LogP contribution in [0.2, 0.25) is 0 Å². The molecular formula is C28H42FNO3. The molecule has 3 rings (SSSR count). The Morgan fingerprint density at radius 1 is 1.06 bits per heavy atom. The number of hydrogen-bond acceptors (Lipinski definition) is 4. The lowest BCUT2D eigenvalue weighted by atomic mass is 9.77. The predicted molar refractivity (Wildman–Crippen MR) is 132 cm³/mol. The average molecular weight is 460 g/mol. The fourth-order valence-electron chi connectivity index (χ4n) is 5.17. The number of hydrogen-bond donors (Lipinski definition) is 1. The minimum absolute atomic E-state index is 0.0929. The molecule has 0 spiro atoms. The highest BCUT2D eigenvalue weighted by Gasteiger charge is 2.47. The van der Waals surface area contributed by atoms with Gasteiger partial charge < -0.3 is 14.7 Å². The Balaban J connectivity index is 1.25. The molecule has 184 valence electrons. The maximum atomic E-state index is 15.8. The number of alkyl halides is 1. The third-order valence-electron chi connectivity index (χ3n) is 6.89. The molecule has 1 fully saturated rings. The summed E-state index contributed by atoms with van der Waals surface area (Å²) >= 11 is 0. The summed E-state index contributed by atoms with van der Waals surface area (Å²) in [5.41, 5.74) is 0.127. The van der Waals surface area contributed by atoms with Crippen molar-refractivity contribution in [1.82, 2.24) is 4.90 Å². The maximum absolute atomic E-state index is 15.8. The van der Waals surface area contributed by atoms with E-state index in [9.17, 15) is 9.90 Å². The van der Waals surface area contributed by atoms with Crippen molar-refractivity contribution >= 4 is 12.0 Å². The number of allylic oxidation sites excluding steroid dienone is 1. The second-order valence-corrected chi connectivity index (χ2v) is 10.8. The summed E-state index contributed by atoms with van der Waals surface area (Å²) in [6, 6.07) is 7.76. The molecule has 0 radical (unpaired) electrons. The van der Waals surface area contributed by atoms with Gasteiger partial charge in [-0.1, -0.05) is 56.4 Å². The number of nitrogens with zero attached hydrogens (tertiary/aromatic N) is 1. The van der Waals surface area contributed by atoms with E-state index in [0.717, 1.165) is 56.4 Å². The number of piperidine rings is 1. The molecular weight excluding hydrogens is 417 g/mol. The van der Waals surface area contributed by atoms with Crippen LogP contribution in [-0.4, -0.2) is 46.9 Å². The number of fused-ring (bicyclic) bond motifs is 1. The van der Waals surface area contributed by atoms with Gasteiger partial charge in [-0.2, -0.15) is 0 Å². The third kappa shape index (κ3) is 7.56. The van der Waals surface area contributed by atoms with Crippen LogP contribution in [0.5, 0.6) is 0 Å². The van der Waals surface area contributed by atoms with Gasteiger partial charge in [0.2, 0.25) is 0 Å². The van der Waals surface area contributed by atoms with Gasteiger partial charge in [-0.05, 0) is 70.2 Å². The molecule has 1 aliphatic carbocycles. The van der Waals surface area contributed by atoms with Crippen molar-refractivity contribution in [3.8, 4) is 0 Å². The van der Waals surface area contributed by atoms with Crippen LogP contribution in [0.3, 0.4) is 0 Å². The molecule has 1 heterocycles. The molecule has 1 N–H and O–H groups in total. The Morgan fingerprint density at radius 3 is 2.33 bits per heavy atom. The molecule has 4 nitrogen and oxygen atoms in total. The van der Waals surface area contributed by atoms with Crippen LogP contribution in [0.25, 0.3) is 6.08 Å². The Labute approximate surface area is 199 Å². The summed E-state index contributed by atoms with van der Waals surface area (Å²) in [5.74, 6) is -0.422. The SMILES string of the molecule is CC(C)(C)OC(=O)CCCCCCCCCN1CCC(F)(C2C(O)=Cc3ccccc32)CC1. The third-order valence-corrected chi connectivity index (χ3v) is 6.89. The van der Waals surface area contributed by atoms with Crippen LogP contribution in [-0.2, 0) is 9.53 Å². The highest BCUT2D eigenvalue weighted by Crippen LogP contribution is 2.48. The fraction of sp³-hybridized carbons (Fsp3) is 0.679. The van der Waals surface area contributed by atoms with Crippen molar-refractivity contribution in [2.24, 2.45) is 0 Å². The number of halogens is 1. The van der Waals surface area contributed by atoms with E-state index in [2.05, 4.69) is 4.90 Å². The number of likely N-dealkylation sites (tertiary alicyclic amines) is 1. The number of aliphatic hydroxyl groups excluding tert-OH is 1. The number of benzene rings is 1. The fourth-order valence-corrected chi connectivity index (χ4v) is 5.17. The standard InChI is InChI=1S/C28H42FNO3/c1-27(2,3)33-25(32)15-9-7-5-4-6-8-12-18-30-19-16-28(29,17-20-30)26-23-14-11-10-13-22(23)21-24(26)31/h10-11,13-14,21,26,31H,4-9,12,15-20H2,1-3H3. The number of unbranched alkanes of at least 4 members (excludes halogenated alkanes) is 6. The molecule has 1 unspecified atom stereocenters. The highest BCUT2D eigenvalue weighted by molar-refractivity contribution is 5.69. The summed E-state index contributed by atoms with van der Waals surface area (Å²) in [4.78, 5) is 14.1. The topological polar surface area (TPSA) is 49.8 Å². The monoisotopic (exact) mass is 459 g/mol. The first-order valence-electron chi connectivity index (χ1n) is 12.8. The van der Waals surface area contributed by atoms with Crippen molar-refractivity contribution in [2.75, 3.05) is 19.6 Å². The number of rotatable bonds is 11. The summed E-state index contributed by atoms with van der Waals surface area (Å²) in [5, 5.41) is 10.4. The zero-order chi connectivity index (χ0) is 23.9. The summed E-state index contributed by atoms with van der Waals surface area (Å²) in [7, 11) is 0. The maximum Gasteiger partial charge on any atom is 0.306 e. The minimum atomic E-state index is -1.36. The molecule has 1 aromatic carbocycles. The second kappa shape index (κ2) is 11.5. The van der Waals surface area contributed by atoms with E-state index in [-0.39, 0.29) is 11.7 Å². The Morgan fingerprint density at radius 2 is 1.67 bits per heavy atom. The van der Waals surface area contributed by atoms with Gasteiger partial charge in [0, 0.05) is 19.5 Å². The summed E-state index contributed by atoms with van der Waals surface area (Å²) < 4.78 is 21.2. The number of esters is 1. The van der Waals surface area contributed by atoms with Gasteiger partial charge >= 0.3 is 5.97 Å². The van der Waals surface area contributed by atoms with Crippen LogP contribution in [0.1, 0.15) is 102 Å². The molecule has 5 heteroatoms. The predicted octanol–water partition coefficient (Wildman–Crippen LogP) is 6.95.